The zero-order chi connectivity index (χ0) is 18.2. The van der Waals surface area contributed by atoms with E-state index in [0.29, 0.717) is 35.2 Å². The molecule has 7 heteroatoms. The first kappa shape index (κ1) is 20.0. The lowest BCUT2D eigenvalue weighted by molar-refractivity contribution is -0.126. The Labute approximate surface area is 159 Å². The molecule has 0 radical (unpaired) electrons. The normalized spacial score (nSPS) is 17.4. The van der Waals surface area contributed by atoms with Gasteiger partial charge >= 0.3 is 0 Å². The molecule has 1 atom stereocenters. The van der Waals surface area contributed by atoms with E-state index in [2.05, 4.69) is 17.6 Å². The smallest absolute Gasteiger partial charge is 0.253 e. The van der Waals surface area contributed by atoms with E-state index >= 15 is 0 Å². The average Bonchev–Trinajstić information content (AvgIpc) is 2.63. The summed E-state index contributed by atoms with van der Waals surface area (Å²) in [5.74, 6) is -0.253. The Bertz CT molecular complexity index is 610. The van der Waals surface area contributed by atoms with E-state index in [4.69, 9.17) is 23.2 Å². The third-order valence-corrected chi connectivity index (χ3v) is 5.01. The summed E-state index contributed by atoms with van der Waals surface area (Å²) in [4.78, 5) is 26.7. The van der Waals surface area contributed by atoms with Crippen molar-refractivity contribution >= 4 is 35.0 Å². The maximum Gasteiger partial charge on any atom is 0.253 e. The molecule has 2 N–H and O–H groups in total. The van der Waals surface area contributed by atoms with Crippen molar-refractivity contribution < 1.29 is 9.59 Å². The second-order valence-electron chi connectivity index (χ2n) is 6.26. The van der Waals surface area contributed by atoms with Crippen LogP contribution in [-0.4, -0.2) is 49.4 Å². The molecule has 138 valence electrons. The van der Waals surface area contributed by atoms with Crippen molar-refractivity contribution in [1.29, 1.82) is 0 Å². The molecule has 2 rings (SSSR count). The van der Waals surface area contributed by atoms with Gasteiger partial charge in [-0.05, 0) is 44.0 Å². The van der Waals surface area contributed by atoms with Crippen LogP contribution >= 0.6 is 23.2 Å². The molecule has 2 amide bonds. The third-order valence-electron chi connectivity index (χ3n) is 4.27. The first-order valence-electron chi connectivity index (χ1n) is 8.75. The van der Waals surface area contributed by atoms with Crippen LogP contribution in [0, 0.1) is 5.92 Å². The van der Waals surface area contributed by atoms with Crippen molar-refractivity contribution in [3.63, 3.8) is 0 Å². The Morgan fingerprint density at radius 3 is 2.72 bits per heavy atom. The topological polar surface area (TPSA) is 61.4 Å². The molecule has 1 aromatic rings. The second-order valence-corrected chi connectivity index (χ2v) is 7.07. The SMILES string of the molecule is CCCNCCNC(=O)C1CCCN(C(=O)c2ccc(Cl)c(Cl)c2)C1. The van der Waals surface area contributed by atoms with Crippen LogP contribution in [-0.2, 0) is 4.79 Å². The summed E-state index contributed by atoms with van der Waals surface area (Å²) in [5.41, 5.74) is 0.499. The van der Waals surface area contributed by atoms with Crippen LogP contribution < -0.4 is 10.6 Å². The standard InChI is InChI=1S/C18H25Cl2N3O2/c1-2-7-21-8-9-22-17(24)14-4-3-10-23(12-14)18(25)13-5-6-15(19)16(20)11-13/h5-6,11,14,21H,2-4,7-10,12H2,1H3,(H,22,24). The number of amides is 2. The Balaban J connectivity index is 1.88. The fourth-order valence-corrected chi connectivity index (χ4v) is 3.21. The minimum atomic E-state index is -0.161. The monoisotopic (exact) mass is 385 g/mol. The molecule has 0 saturated carbocycles. The quantitative estimate of drug-likeness (QED) is 0.709. The van der Waals surface area contributed by atoms with Gasteiger partial charge in [0.25, 0.3) is 5.91 Å². The number of piperidine rings is 1. The van der Waals surface area contributed by atoms with E-state index in [1.54, 1.807) is 23.1 Å². The van der Waals surface area contributed by atoms with Gasteiger partial charge in [-0.1, -0.05) is 30.1 Å². The molecule has 1 unspecified atom stereocenters. The second kappa shape index (κ2) is 10.00. The Morgan fingerprint density at radius 2 is 2.00 bits per heavy atom. The Morgan fingerprint density at radius 1 is 1.20 bits per heavy atom. The molecule has 0 spiro atoms. The molecule has 1 fully saturated rings. The lowest BCUT2D eigenvalue weighted by Crippen LogP contribution is -2.46. The molecule has 5 nitrogen and oxygen atoms in total. The van der Waals surface area contributed by atoms with Crippen LogP contribution in [0.1, 0.15) is 36.5 Å². The molecule has 0 aromatic heterocycles. The molecule has 1 aliphatic heterocycles. The van der Waals surface area contributed by atoms with Gasteiger partial charge in [0.15, 0.2) is 0 Å². The molecule has 1 heterocycles. The van der Waals surface area contributed by atoms with Gasteiger partial charge in [-0.15, -0.1) is 0 Å². The van der Waals surface area contributed by atoms with Gasteiger partial charge in [-0.2, -0.15) is 0 Å². The molecule has 25 heavy (non-hydrogen) atoms. The van der Waals surface area contributed by atoms with Crippen LogP contribution in [0.3, 0.4) is 0 Å². The largest absolute Gasteiger partial charge is 0.355 e. The Hall–Kier alpha value is -1.30. The average molecular weight is 386 g/mol. The van der Waals surface area contributed by atoms with Gasteiger partial charge in [0.1, 0.15) is 0 Å². The van der Waals surface area contributed by atoms with Crippen LogP contribution in [0.5, 0.6) is 0 Å². The number of benzene rings is 1. The summed E-state index contributed by atoms with van der Waals surface area (Å²) in [6.07, 6.45) is 2.70. The van der Waals surface area contributed by atoms with Gasteiger partial charge in [0, 0.05) is 31.7 Å². The molecule has 1 aromatic carbocycles. The highest BCUT2D eigenvalue weighted by Crippen LogP contribution is 2.25. The van der Waals surface area contributed by atoms with Crippen LogP contribution in [0.2, 0.25) is 10.0 Å². The van der Waals surface area contributed by atoms with E-state index in [0.717, 1.165) is 32.4 Å². The molecular weight excluding hydrogens is 361 g/mol. The highest BCUT2D eigenvalue weighted by atomic mass is 35.5. The first-order valence-corrected chi connectivity index (χ1v) is 9.51. The summed E-state index contributed by atoms with van der Waals surface area (Å²) < 4.78 is 0. The van der Waals surface area contributed by atoms with E-state index < -0.39 is 0 Å². The number of nitrogens with zero attached hydrogens (tertiary/aromatic N) is 1. The first-order chi connectivity index (χ1) is 12.0. The molecule has 0 aliphatic carbocycles. The highest BCUT2D eigenvalue weighted by molar-refractivity contribution is 6.42. The third kappa shape index (κ3) is 5.87. The van der Waals surface area contributed by atoms with Crippen molar-refractivity contribution in [2.24, 2.45) is 5.92 Å². The number of nitrogens with one attached hydrogen (secondary N) is 2. The van der Waals surface area contributed by atoms with Crippen molar-refractivity contribution in [3.8, 4) is 0 Å². The van der Waals surface area contributed by atoms with E-state index in [-0.39, 0.29) is 17.7 Å². The number of rotatable bonds is 7. The van der Waals surface area contributed by atoms with Gasteiger partial charge < -0.3 is 15.5 Å². The summed E-state index contributed by atoms with van der Waals surface area (Å²) in [6, 6.07) is 4.86. The van der Waals surface area contributed by atoms with E-state index in [1.165, 1.54) is 0 Å². The van der Waals surface area contributed by atoms with Crippen molar-refractivity contribution in [3.05, 3.63) is 33.8 Å². The van der Waals surface area contributed by atoms with Crippen molar-refractivity contribution in [1.82, 2.24) is 15.5 Å². The highest BCUT2D eigenvalue weighted by Gasteiger charge is 2.28. The van der Waals surface area contributed by atoms with Gasteiger partial charge in [0.2, 0.25) is 5.91 Å². The van der Waals surface area contributed by atoms with Gasteiger partial charge in [-0.3, -0.25) is 9.59 Å². The minimum Gasteiger partial charge on any atom is -0.355 e. The van der Waals surface area contributed by atoms with Gasteiger partial charge in [0.05, 0.1) is 16.0 Å². The van der Waals surface area contributed by atoms with Crippen molar-refractivity contribution in [2.45, 2.75) is 26.2 Å². The maximum atomic E-state index is 12.6. The predicted octanol–water partition coefficient (Wildman–Crippen LogP) is 2.96. The molecule has 1 saturated heterocycles. The summed E-state index contributed by atoms with van der Waals surface area (Å²) in [7, 11) is 0. The van der Waals surface area contributed by atoms with Crippen LogP contribution in [0.15, 0.2) is 18.2 Å². The Kier molecular flexibility index (Phi) is 8.00. The number of hydrogen-bond donors (Lipinski definition) is 2. The zero-order valence-electron chi connectivity index (χ0n) is 14.5. The number of likely N-dealkylation sites (tertiary alicyclic amines) is 1. The predicted molar refractivity (Wildman–Crippen MR) is 101 cm³/mol. The van der Waals surface area contributed by atoms with E-state index in [9.17, 15) is 9.59 Å². The molecular formula is C18H25Cl2N3O2. The lowest BCUT2D eigenvalue weighted by Gasteiger charge is -2.32. The number of carbonyl (C=O) groups is 2. The zero-order valence-corrected chi connectivity index (χ0v) is 16.0. The van der Waals surface area contributed by atoms with Crippen LogP contribution in [0.4, 0.5) is 0 Å². The van der Waals surface area contributed by atoms with Crippen molar-refractivity contribution in [2.75, 3.05) is 32.7 Å². The van der Waals surface area contributed by atoms with E-state index in [1.807, 2.05) is 0 Å². The minimum absolute atomic E-state index is 0.0185. The maximum absolute atomic E-state index is 12.6. The van der Waals surface area contributed by atoms with Gasteiger partial charge in [-0.25, -0.2) is 0 Å². The fourth-order valence-electron chi connectivity index (χ4n) is 2.91. The number of hydrogen-bond acceptors (Lipinski definition) is 3. The summed E-state index contributed by atoms with van der Waals surface area (Å²) in [5, 5.41) is 6.98. The lowest BCUT2D eigenvalue weighted by atomic mass is 9.96. The molecule has 0 bridgehead atoms. The summed E-state index contributed by atoms with van der Waals surface area (Å²) >= 11 is 11.9. The summed E-state index contributed by atoms with van der Waals surface area (Å²) in [6.45, 7) is 5.51. The molecule has 1 aliphatic rings. The fraction of sp³-hybridized carbons (Fsp3) is 0.556. The van der Waals surface area contributed by atoms with Crippen LogP contribution in [0.25, 0.3) is 0 Å². The number of carbonyl (C=O) groups excluding carboxylic acids is 2. The number of halogens is 2.